The number of benzene rings is 7. The molecule has 1 atom stereocenters. The minimum absolute atomic E-state index is 0.785. The van der Waals surface area contributed by atoms with Gasteiger partial charge in [-0.15, -0.1) is 0 Å². The summed E-state index contributed by atoms with van der Waals surface area (Å²) in [6.07, 6.45) is 29.3. The van der Waals surface area contributed by atoms with E-state index in [0.29, 0.717) is 0 Å². The second-order valence-corrected chi connectivity index (χ2v) is 17.8. The van der Waals surface area contributed by atoms with E-state index < -0.39 is 5.41 Å². The maximum absolute atomic E-state index is 4.38. The quantitative estimate of drug-likeness (QED) is 0.104. The molecule has 1 N–H and O–H groups in total. The molecule has 0 spiro atoms. The van der Waals surface area contributed by atoms with Crippen molar-refractivity contribution in [2.75, 3.05) is 15.1 Å². The van der Waals surface area contributed by atoms with Crippen LogP contribution < -0.4 is 15.1 Å². The summed E-state index contributed by atoms with van der Waals surface area (Å²) in [4.78, 5) is 4.84. The van der Waals surface area contributed by atoms with E-state index in [1.54, 1.807) is 0 Å². The molecule has 1 unspecified atom stereocenters. The fourth-order valence-corrected chi connectivity index (χ4v) is 10.9. The zero-order chi connectivity index (χ0) is 46.9. The van der Waals surface area contributed by atoms with E-state index in [9.17, 15) is 0 Å². The van der Waals surface area contributed by atoms with Gasteiger partial charge in [0.05, 0.1) is 22.0 Å². The van der Waals surface area contributed by atoms with Crippen LogP contribution in [0, 0.1) is 0 Å². The Hall–Kier alpha value is -8.34. The number of fused-ring (bicyclic) bond motifs is 2. The highest BCUT2D eigenvalue weighted by Crippen LogP contribution is 2.59. The van der Waals surface area contributed by atoms with Gasteiger partial charge in [-0.1, -0.05) is 160 Å². The van der Waals surface area contributed by atoms with Gasteiger partial charge in [-0.3, -0.25) is 0 Å². The van der Waals surface area contributed by atoms with E-state index in [-0.39, 0.29) is 0 Å². The third-order valence-corrected chi connectivity index (χ3v) is 13.7. The monoisotopic (exact) mass is 892 g/mol. The van der Waals surface area contributed by atoms with Crippen LogP contribution >= 0.6 is 0 Å². The Bertz CT molecular complexity index is 3550. The van der Waals surface area contributed by atoms with Crippen molar-refractivity contribution in [1.82, 2.24) is 4.40 Å². The summed E-state index contributed by atoms with van der Waals surface area (Å²) in [5.74, 6) is 0. The van der Waals surface area contributed by atoms with Crippen LogP contribution in [0.25, 0.3) is 38.1 Å². The molecule has 0 bridgehead atoms. The molecule has 4 nitrogen and oxygen atoms in total. The van der Waals surface area contributed by atoms with Gasteiger partial charge in [-0.05, 0) is 139 Å². The molecular weight excluding hydrogens is 837 g/mol. The number of hydrogen-bond donors (Lipinski definition) is 1. The Labute approximate surface area is 406 Å². The summed E-state index contributed by atoms with van der Waals surface area (Å²) in [6.45, 7) is 10.9. The van der Waals surface area contributed by atoms with Crippen LogP contribution in [0.5, 0.6) is 0 Å². The molecule has 1 aliphatic heterocycles. The van der Waals surface area contributed by atoms with Crippen LogP contribution in [0.4, 0.5) is 34.1 Å². The van der Waals surface area contributed by atoms with Crippen LogP contribution in [0.3, 0.4) is 0 Å². The number of nitrogens with one attached hydrogen (secondary N) is 1. The highest BCUT2D eigenvalue weighted by molar-refractivity contribution is 6.27. The summed E-state index contributed by atoms with van der Waals surface area (Å²) < 4.78 is 2.61. The number of anilines is 6. The zero-order valence-electron chi connectivity index (χ0n) is 39.6. The lowest BCUT2D eigenvalue weighted by Gasteiger charge is -2.41. The first kappa shape index (κ1) is 43.2. The number of aromatic nitrogens is 1. The summed E-state index contributed by atoms with van der Waals surface area (Å²) in [7, 11) is 0. The Morgan fingerprint density at radius 2 is 1.14 bits per heavy atom. The molecule has 2 aromatic heterocycles. The van der Waals surface area contributed by atoms with Gasteiger partial charge in [0.25, 0.3) is 0 Å². The Balaban J connectivity index is 1.36. The highest BCUT2D eigenvalue weighted by Gasteiger charge is 2.47. The molecule has 4 heteroatoms. The van der Waals surface area contributed by atoms with Crippen molar-refractivity contribution in [1.29, 1.82) is 0 Å². The average molecular weight is 893 g/mol. The van der Waals surface area contributed by atoms with Gasteiger partial charge < -0.3 is 19.5 Å². The molecule has 69 heavy (non-hydrogen) atoms. The minimum Gasteiger partial charge on any atom is -0.356 e. The summed E-state index contributed by atoms with van der Waals surface area (Å²) in [5, 5.41) is 8.74. The Kier molecular flexibility index (Phi) is 11.5. The second-order valence-electron chi connectivity index (χ2n) is 17.8. The van der Waals surface area contributed by atoms with Gasteiger partial charge in [-0.25, -0.2) is 0 Å². The molecule has 0 amide bonds. The molecule has 1 aliphatic carbocycles. The van der Waals surface area contributed by atoms with Crippen LogP contribution in [0.1, 0.15) is 56.7 Å². The first-order valence-electron chi connectivity index (χ1n) is 24.4. The second kappa shape index (κ2) is 18.4. The maximum Gasteiger partial charge on any atom is 0.0744 e. The fourth-order valence-electron chi connectivity index (χ4n) is 10.9. The predicted octanol–water partition coefficient (Wildman–Crippen LogP) is 17.9. The van der Waals surface area contributed by atoms with E-state index in [4.69, 9.17) is 0 Å². The summed E-state index contributed by atoms with van der Waals surface area (Å²) >= 11 is 0. The van der Waals surface area contributed by atoms with Crippen molar-refractivity contribution in [2.45, 2.75) is 45.4 Å². The Morgan fingerprint density at radius 1 is 0.609 bits per heavy atom. The number of rotatable bonds is 15. The maximum atomic E-state index is 4.38. The topological polar surface area (TPSA) is 22.9 Å². The number of allylic oxidation sites excluding steroid dienone is 13. The molecule has 3 heterocycles. The van der Waals surface area contributed by atoms with Crippen LogP contribution in [0.2, 0.25) is 0 Å². The average Bonchev–Trinajstić information content (AvgIpc) is 3.75. The SMILES string of the molecule is C=C/C=C(\C=C/CC)C1(c2ccccc2)c2cc(NC(/C=C\CC)=C/C)cc3c4cc(N(c5ccccc5)c5ccccc5)cc5c6cc(N(C7=CC=CCC=C7)c7ccccc7)cc1c6n(c23)c45. The van der Waals surface area contributed by atoms with Crippen molar-refractivity contribution in [3.05, 3.63) is 271 Å². The molecule has 0 fully saturated rings. The summed E-state index contributed by atoms with van der Waals surface area (Å²) in [6, 6.07) is 58.2. The van der Waals surface area contributed by atoms with Crippen LogP contribution in [-0.4, -0.2) is 4.40 Å². The predicted molar refractivity (Wildman–Crippen MR) is 296 cm³/mol. The van der Waals surface area contributed by atoms with Gasteiger partial charge in [-0.2, -0.15) is 0 Å². The Morgan fingerprint density at radius 3 is 1.74 bits per heavy atom. The smallest absolute Gasteiger partial charge is 0.0744 e. The molecule has 2 aliphatic rings. The van der Waals surface area contributed by atoms with Gasteiger partial charge in [0.15, 0.2) is 0 Å². The van der Waals surface area contributed by atoms with E-state index >= 15 is 0 Å². The number of hydrogen-bond acceptors (Lipinski definition) is 3. The van der Waals surface area contributed by atoms with Crippen LogP contribution in [0.15, 0.2) is 254 Å². The molecule has 336 valence electrons. The van der Waals surface area contributed by atoms with E-state index in [0.717, 1.165) is 70.4 Å². The van der Waals surface area contributed by atoms with Crippen molar-refractivity contribution < 1.29 is 0 Å². The third kappa shape index (κ3) is 7.23. The lowest BCUT2D eigenvalue weighted by molar-refractivity contribution is 0.744. The van der Waals surface area contributed by atoms with Crippen molar-refractivity contribution in [3.8, 4) is 0 Å². The normalized spacial score (nSPS) is 16.0. The minimum atomic E-state index is -0.785. The van der Waals surface area contributed by atoms with Crippen LogP contribution in [-0.2, 0) is 5.41 Å². The summed E-state index contributed by atoms with van der Waals surface area (Å²) in [5.41, 5.74) is 16.3. The van der Waals surface area contributed by atoms with E-state index in [2.05, 4.69) is 271 Å². The third-order valence-electron chi connectivity index (χ3n) is 13.7. The van der Waals surface area contributed by atoms with Crippen molar-refractivity contribution >= 4 is 72.2 Å². The molecule has 7 aromatic carbocycles. The fraction of sp³-hybridized carbons (Fsp3) is 0.108. The molecule has 11 rings (SSSR count). The number of nitrogens with zero attached hydrogens (tertiary/aromatic N) is 3. The van der Waals surface area contributed by atoms with Gasteiger partial charge in [0.1, 0.15) is 0 Å². The molecule has 0 saturated heterocycles. The molecular formula is C65H56N4. The molecule has 0 saturated carbocycles. The highest BCUT2D eigenvalue weighted by atomic mass is 15.2. The standard InChI is InChI=1S/C65H56N4/c1-5-9-28-46(27-7-3)65(47-29-17-13-18-30-47)60-41-49(66-48(8-4)31-10-6-2)40-56-57-42-54(67(50-34-21-14-22-35-50)51-36-23-15-24-37-51)43-58-59-44-55(45-61(65)64(59)69(62(57)58)63(56)60)68(53-38-25-16-26-39-53)52-32-19-11-12-20-33-52/h7-11,13-45,66H,3,5-6,12H2,1-2,4H3/b28-9-,31-10-,46-27+,48-8+. The van der Waals surface area contributed by atoms with Crippen molar-refractivity contribution in [2.24, 2.45) is 0 Å². The van der Waals surface area contributed by atoms with E-state index in [1.165, 1.54) is 54.8 Å². The van der Waals surface area contributed by atoms with Gasteiger partial charge >= 0.3 is 0 Å². The van der Waals surface area contributed by atoms with E-state index in [1.807, 2.05) is 6.08 Å². The lowest BCUT2D eigenvalue weighted by atomic mass is 9.62. The lowest BCUT2D eigenvalue weighted by Crippen LogP contribution is -2.34. The first-order valence-corrected chi connectivity index (χ1v) is 24.4. The molecule has 0 radical (unpaired) electrons. The number of para-hydroxylation sites is 3. The molecule has 9 aromatic rings. The van der Waals surface area contributed by atoms with Gasteiger partial charge in [0, 0.05) is 67.1 Å². The zero-order valence-corrected chi connectivity index (χ0v) is 39.6. The van der Waals surface area contributed by atoms with Gasteiger partial charge in [0.2, 0.25) is 0 Å². The van der Waals surface area contributed by atoms with Crippen molar-refractivity contribution in [3.63, 3.8) is 0 Å². The first-order chi connectivity index (χ1) is 34.1. The largest absolute Gasteiger partial charge is 0.356 e.